The van der Waals surface area contributed by atoms with E-state index in [0.717, 1.165) is 0 Å². The van der Waals surface area contributed by atoms with Gasteiger partial charge in [0.25, 0.3) is 11.1 Å². The summed E-state index contributed by atoms with van der Waals surface area (Å²) in [5.74, 6) is 0. The average Bonchev–Trinajstić information content (AvgIpc) is 2.39. The SMILES string of the molecule is C[C@@]1([N+](=O)[O-])C[C@@]1(C)[N+](=O)[O-]. The van der Waals surface area contributed by atoms with Crippen LogP contribution in [-0.4, -0.2) is 20.9 Å². The second-order valence-corrected chi connectivity index (χ2v) is 3.24. The van der Waals surface area contributed by atoms with E-state index in [0.29, 0.717) is 0 Å². The first-order valence-corrected chi connectivity index (χ1v) is 3.13. The smallest absolute Gasteiger partial charge is 0.264 e. The first-order chi connectivity index (χ1) is 4.84. The number of nitrogens with zero attached hydrogens (tertiary/aromatic N) is 2. The van der Waals surface area contributed by atoms with Crippen LogP contribution in [0.1, 0.15) is 20.3 Å². The van der Waals surface area contributed by atoms with Crippen LogP contribution < -0.4 is 0 Å². The number of hydrogen-bond donors (Lipinski definition) is 0. The third kappa shape index (κ3) is 0.718. The molecule has 1 aliphatic rings. The van der Waals surface area contributed by atoms with Gasteiger partial charge in [-0.1, -0.05) is 0 Å². The summed E-state index contributed by atoms with van der Waals surface area (Å²) in [6.07, 6.45) is 0.0278. The highest BCUT2D eigenvalue weighted by Crippen LogP contribution is 2.51. The highest BCUT2D eigenvalue weighted by molar-refractivity contribution is 5.13. The third-order valence-corrected chi connectivity index (χ3v) is 2.53. The Balaban J connectivity index is 2.87. The fourth-order valence-corrected chi connectivity index (χ4v) is 1.15. The van der Waals surface area contributed by atoms with Gasteiger partial charge in [-0.05, 0) is 0 Å². The van der Waals surface area contributed by atoms with Gasteiger partial charge in [-0.25, -0.2) is 0 Å². The lowest BCUT2D eigenvalue weighted by Crippen LogP contribution is -2.34. The summed E-state index contributed by atoms with van der Waals surface area (Å²) in [4.78, 5) is 19.5. The van der Waals surface area contributed by atoms with E-state index in [4.69, 9.17) is 0 Å². The molecule has 0 aliphatic heterocycles. The van der Waals surface area contributed by atoms with Crippen LogP contribution in [0.15, 0.2) is 0 Å². The van der Waals surface area contributed by atoms with Crippen LogP contribution in [0.3, 0.4) is 0 Å². The maximum absolute atomic E-state index is 10.3. The summed E-state index contributed by atoms with van der Waals surface area (Å²) in [6.45, 7) is 2.60. The molecule has 0 amide bonds. The molecule has 0 spiro atoms. The van der Waals surface area contributed by atoms with Crippen LogP contribution in [0.4, 0.5) is 0 Å². The van der Waals surface area contributed by atoms with Crippen molar-refractivity contribution in [2.45, 2.75) is 31.3 Å². The molecule has 1 rings (SSSR count). The van der Waals surface area contributed by atoms with Gasteiger partial charge in [-0.3, -0.25) is 20.2 Å². The van der Waals surface area contributed by atoms with Gasteiger partial charge in [0.1, 0.15) is 6.42 Å². The number of hydrogen-bond acceptors (Lipinski definition) is 4. The van der Waals surface area contributed by atoms with Gasteiger partial charge in [0.15, 0.2) is 0 Å². The predicted molar refractivity (Wildman–Crippen MR) is 35.4 cm³/mol. The Hall–Kier alpha value is -1.20. The molecule has 0 radical (unpaired) electrons. The van der Waals surface area contributed by atoms with E-state index in [9.17, 15) is 20.2 Å². The van der Waals surface area contributed by atoms with Crippen molar-refractivity contribution >= 4 is 0 Å². The first-order valence-electron chi connectivity index (χ1n) is 3.13. The molecule has 11 heavy (non-hydrogen) atoms. The summed E-state index contributed by atoms with van der Waals surface area (Å²) in [5.41, 5.74) is -2.70. The van der Waals surface area contributed by atoms with Crippen molar-refractivity contribution in [1.82, 2.24) is 0 Å². The second-order valence-electron chi connectivity index (χ2n) is 3.24. The zero-order valence-corrected chi connectivity index (χ0v) is 6.23. The maximum Gasteiger partial charge on any atom is 0.294 e. The van der Waals surface area contributed by atoms with Gasteiger partial charge >= 0.3 is 0 Å². The van der Waals surface area contributed by atoms with Crippen molar-refractivity contribution < 1.29 is 9.85 Å². The topological polar surface area (TPSA) is 86.3 Å². The van der Waals surface area contributed by atoms with Crippen LogP contribution in [0.5, 0.6) is 0 Å². The average molecular weight is 160 g/mol. The van der Waals surface area contributed by atoms with E-state index in [2.05, 4.69) is 0 Å². The molecule has 1 aliphatic carbocycles. The summed E-state index contributed by atoms with van der Waals surface area (Å²) in [6, 6.07) is 0. The maximum atomic E-state index is 10.3. The van der Waals surface area contributed by atoms with Crippen molar-refractivity contribution in [1.29, 1.82) is 0 Å². The van der Waals surface area contributed by atoms with E-state index in [1.165, 1.54) is 13.8 Å². The molecule has 0 unspecified atom stereocenters. The van der Waals surface area contributed by atoms with Crippen molar-refractivity contribution in [2.24, 2.45) is 0 Å². The lowest BCUT2D eigenvalue weighted by Gasteiger charge is -2.02. The molecule has 0 heterocycles. The van der Waals surface area contributed by atoms with Crippen LogP contribution >= 0.6 is 0 Å². The first kappa shape index (κ1) is 7.90. The standard InChI is InChI=1S/C5H8N2O4/c1-4(6(8)9)3-5(4,2)7(10)11/h3H2,1-2H3/t4-,5-/m1/s1. The van der Waals surface area contributed by atoms with E-state index < -0.39 is 20.9 Å². The van der Waals surface area contributed by atoms with Gasteiger partial charge in [0.2, 0.25) is 0 Å². The van der Waals surface area contributed by atoms with Crippen LogP contribution in [-0.2, 0) is 0 Å². The van der Waals surface area contributed by atoms with Gasteiger partial charge in [-0.15, -0.1) is 0 Å². The van der Waals surface area contributed by atoms with Crippen LogP contribution in [0.25, 0.3) is 0 Å². The number of rotatable bonds is 2. The molecule has 1 fully saturated rings. The van der Waals surface area contributed by atoms with Gasteiger partial charge in [-0.2, -0.15) is 0 Å². The lowest BCUT2D eigenvalue weighted by atomic mass is 10.2. The van der Waals surface area contributed by atoms with Crippen molar-refractivity contribution in [2.75, 3.05) is 0 Å². The molecule has 2 atom stereocenters. The summed E-state index contributed by atoms with van der Waals surface area (Å²) < 4.78 is 0. The van der Waals surface area contributed by atoms with E-state index in [1.807, 2.05) is 0 Å². The Bertz CT molecular complexity index is 217. The normalized spacial score (nSPS) is 41.6. The molecule has 0 bridgehead atoms. The fraction of sp³-hybridized carbons (Fsp3) is 1.00. The minimum absolute atomic E-state index is 0.0278. The molecule has 6 nitrogen and oxygen atoms in total. The predicted octanol–water partition coefficient (Wildman–Crippen LogP) is 0.461. The summed E-state index contributed by atoms with van der Waals surface area (Å²) in [5, 5.41) is 20.6. The molecule has 0 N–H and O–H groups in total. The minimum atomic E-state index is -1.35. The Morgan fingerprint density at radius 1 is 1.09 bits per heavy atom. The molecule has 62 valence electrons. The Morgan fingerprint density at radius 3 is 1.45 bits per heavy atom. The monoisotopic (exact) mass is 160 g/mol. The highest BCUT2D eigenvalue weighted by Gasteiger charge is 2.82. The summed E-state index contributed by atoms with van der Waals surface area (Å²) >= 11 is 0. The Kier molecular flexibility index (Phi) is 1.21. The highest BCUT2D eigenvalue weighted by atomic mass is 16.7. The van der Waals surface area contributed by atoms with E-state index in [-0.39, 0.29) is 6.42 Å². The van der Waals surface area contributed by atoms with Gasteiger partial charge in [0.05, 0.1) is 0 Å². The van der Waals surface area contributed by atoms with Crippen LogP contribution in [0, 0.1) is 20.2 Å². The lowest BCUT2D eigenvalue weighted by molar-refractivity contribution is -0.611. The molecule has 0 aromatic heterocycles. The van der Waals surface area contributed by atoms with Crippen LogP contribution in [0.2, 0.25) is 0 Å². The van der Waals surface area contributed by atoms with Crippen molar-refractivity contribution in [3.63, 3.8) is 0 Å². The van der Waals surface area contributed by atoms with Crippen molar-refractivity contribution in [3.8, 4) is 0 Å². The molecule has 0 aromatic rings. The quantitative estimate of drug-likeness (QED) is 0.433. The second kappa shape index (κ2) is 1.69. The molecular weight excluding hydrogens is 152 g/mol. The Labute approximate surface area is 62.5 Å². The van der Waals surface area contributed by atoms with Gasteiger partial charge in [0, 0.05) is 23.7 Å². The van der Waals surface area contributed by atoms with Crippen molar-refractivity contribution in [3.05, 3.63) is 20.2 Å². The summed E-state index contributed by atoms with van der Waals surface area (Å²) in [7, 11) is 0. The number of nitro groups is 2. The molecule has 1 saturated carbocycles. The van der Waals surface area contributed by atoms with Gasteiger partial charge < -0.3 is 0 Å². The van der Waals surface area contributed by atoms with E-state index in [1.54, 1.807) is 0 Å². The Morgan fingerprint density at radius 2 is 1.36 bits per heavy atom. The molecule has 0 aromatic carbocycles. The largest absolute Gasteiger partial charge is 0.294 e. The minimum Gasteiger partial charge on any atom is -0.264 e. The fourth-order valence-electron chi connectivity index (χ4n) is 1.15. The molecule has 0 saturated heterocycles. The molecular formula is C5H8N2O4. The van der Waals surface area contributed by atoms with E-state index >= 15 is 0 Å². The molecule has 6 heteroatoms. The zero-order valence-electron chi connectivity index (χ0n) is 6.23. The third-order valence-electron chi connectivity index (χ3n) is 2.53. The zero-order chi connectivity index (χ0) is 8.86.